The summed E-state index contributed by atoms with van der Waals surface area (Å²) in [5, 5.41) is 0. The van der Waals surface area contributed by atoms with Gasteiger partial charge >= 0.3 is 0 Å². The van der Waals surface area contributed by atoms with Crippen molar-refractivity contribution in [3.8, 4) is 0 Å². The number of benzene rings is 1. The van der Waals surface area contributed by atoms with Gasteiger partial charge in [0.05, 0.1) is 6.04 Å². The van der Waals surface area contributed by atoms with Crippen LogP contribution in [0.4, 0.5) is 8.78 Å². The van der Waals surface area contributed by atoms with E-state index in [-0.39, 0.29) is 17.6 Å². The Labute approximate surface area is 106 Å². The molecule has 1 aliphatic heterocycles. The Morgan fingerprint density at radius 3 is 2.39 bits per heavy atom. The number of piperidine rings is 1. The van der Waals surface area contributed by atoms with Crippen molar-refractivity contribution in [3.63, 3.8) is 0 Å². The number of hydrogen-bond donors (Lipinski definition) is 1. The van der Waals surface area contributed by atoms with Crippen molar-refractivity contribution < 1.29 is 8.78 Å². The van der Waals surface area contributed by atoms with Crippen molar-refractivity contribution >= 4 is 0 Å². The number of likely N-dealkylation sites (tertiary alicyclic amines) is 1. The molecule has 4 heteroatoms. The van der Waals surface area contributed by atoms with E-state index >= 15 is 0 Å². The number of rotatable bonds is 2. The number of nitrogens with two attached hydrogens (primary N) is 1. The first kappa shape index (κ1) is 12.1. The fourth-order valence-corrected chi connectivity index (χ4v) is 3.04. The number of nitrogens with zero attached hydrogens (tertiary/aromatic N) is 1. The largest absolute Gasteiger partial charge is 0.326 e. The van der Waals surface area contributed by atoms with Crippen molar-refractivity contribution in [2.24, 2.45) is 5.73 Å². The van der Waals surface area contributed by atoms with E-state index in [1.165, 1.54) is 18.2 Å². The third-order valence-electron chi connectivity index (χ3n) is 4.03. The Bertz CT molecular complexity index is 425. The van der Waals surface area contributed by atoms with Crippen molar-refractivity contribution in [1.82, 2.24) is 4.90 Å². The Kier molecular flexibility index (Phi) is 3.08. The molecule has 2 atom stereocenters. The highest BCUT2D eigenvalue weighted by molar-refractivity contribution is 5.26. The first-order valence-electron chi connectivity index (χ1n) is 6.63. The lowest BCUT2D eigenvalue weighted by molar-refractivity contribution is 0.114. The van der Waals surface area contributed by atoms with Gasteiger partial charge < -0.3 is 5.73 Å². The minimum atomic E-state index is -0.469. The zero-order valence-electron chi connectivity index (χ0n) is 10.3. The minimum absolute atomic E-state index is 0.164. The molecule has 98 valence electrons. The van der Waals surface area contributed by atoms with Crippen LogP contribution in [0.15, 0.2) is 18.2 Å². The molecule has 0 bridgehead atoms. The fourth-order valence-electron chi connectivity index (χ4n) is 3.04. The SMILES string of the molecule is NC1CCCN(C2CC2)C1c1c(F)cccc1F. The average molecular weight is 252 g/mol. The summed E-state index contributed by atoms with van der Waals surface area (Å²) < 4.78 is 27.9. The van der Waals surface area contributed by atoms with E-state index in [0.717, 1.165) is 32.2 Å². The molecule has 2 aliphatic rings. The highest BCUT2D eigenvalue weighted by atomic mass is 19.1. The van der Waals surface area contributed by atoms with Crippen LogP contribution >= 0.6 is 0 Å². The van der Waals surface area contributed by atoms with Crippen LogP contribution in [0.1, 0.15) is 37.3 Å². The Balaban J connectivity index is 2.00. The predicted molar refractivity (Wildman–Crippen MR) is 66.0 cm³/mol. The van der Waals surface area contributed by atoms with E-state index in [4.69, 9.17) is 5.73 Å². The Morgan fingerprint density at radius 2 is 1.78 bits per heavy atom. The maximum atomic E-state index is 13.9. The van der Waals surface area contributed by atoms with E-state index < -0.39 is 11.6 Å². The van der Waals surface area contributed by atoms with Gasteiger partial charge in [0.1, 0.15) is 11.6 Å². The molecule has 0 aromatic heterocycles. The van der Waals surface area contributed by atoms with Gasteiger partial charge in [0, 0.05) is 17.6 Å². The molecule has 2 nitrogen and oxygen atoms in total. The van der Waals surface area contributed by atoms with Gasteiger partial charge in [-0.1, -0.05) is 6.07 Å². The van der Waals surface area contributed by atoms with Crippen molar-refractivity contribution in [2.75, 3.05) is 6.54 Å². The Hall–Kier alpha value is -1.00. The molecule has 18 heavy (non-hydrogen) atoms. The van der Waals surface area contributed by atoms with Crippen molar-refractivity contribution in [3.05, 3.63) is 35.4 Å². The maximum Gasteiger partial charge on any atom is 0.130 e. The van der Waals surface area contributed by atoms with E-state index in [1.807, 2.05) is 0 Å². The monoisotopic (exact) mass is 252 g/mol. The molecule has 1 saturated heterocycles. The lowest BCUT2D eigenvalue weighted by atomic mass is 9.90. The van der Waals surface area contributed by atoms with Crippen molar-refractivity contribution in [2.45, 2.75) is 43.8 Å². The van der Waals surface area contributed by atoms with Crippen molar-refractivity contribution in [1.29, 1.82) is 0 Å². The van der Waals surface area contributed by atoms with E-state index in [1.54, 1.807) is 0 Å². The zero-order valence-corrected chi connectivity index (χ0v) is 10.3. The lowest BCUT2D eigenvalue weighted by Crippen LogP contribution is -2.47. The van der Waals surface area contributed by atoms with Gasteiger partial charge in [0.2, 0.25) is 0 Å². The Morgan fingerprint density at radius 1 is 1.11 bits per heavy atom. The van der Waals surface area contributed by atoms with Gasteiger partial charge in [-0.15, -0.1) is 0 Å². The number of halogens is 2. The highest BCUT2D eigenvalue weighted by Gasteiger charge is 2.41. The minimum Gasteiger partial charge on any atom is -0.326 e. The first-order valence-corrected chi connectivity index (χ1v) is 6.63. The van der Waals surface area contributed by atoms with Gasteiger partial charge in [0.25, 0.3) is 0 Å². The molecule has 2 fully saturated rings. The summed E-state index contributed by atoms with van der Waals surface area (Å²) in [6.07, 6.45) is 4.10. The van der Waals surface area contributed by atoms with Gasteiger partial charge in [-0.25, -0.2) is 8.78 Å². The van der Waals surface area contributed by atoms with Crippen LogP contribution < -0.4 is 5.73 Å². The summed E-state index contributed by atoms with van der Waals surface area (Å²) in [5.74, 6) is -0.939. The molecule has 0 amide bonds. The normalized spacial score (nSPS) is 29.5. The molecule has 1 aromatic carbocycles. The van der Waals surface area contributed by atoms with Crippen LogP contribution in [0.2, 0.25) is 0 Å². The first-order chi connectivity index (χ1) is 8.68. The molecule has 1 aromatic rings. The second-order valence-corrected chi connectivity index (χ2v) is 5.36. The molecule has 0 radical (unpaired) electrons. The second-order valence-electron chi connectivity index (χ2n) is 5.36. The molecule has 1 heterocycles. The van der Waals surface area contributed by atoms with Gasteiger partial charge in [-0.2, -0.15) is 0 Å². The smallest absolute Gasteiger partial charge is 0.130 e. The third kappa shape index (κ3) is 2.04. The summed E-state index contributed by atoms with van der Waals surface area (Å²) in [7, 11) is 0. The lowest BCUT2D eigenvalue weighted by Gasteiger charge is -2.40. The molecule has 1 saturated carbocycles. The molecular formula is C14H18F2N2. The maximum absolute atomic E-state index is 13.9. The molecular weight excluding hydrogens is 234 g/mol. The quantitative estimate of drug-likeness (QED) is 0.876. The fraction of sp³-hybridized carbons (Fsp3) is 0.571. The summed E-state index contributed by atoms with van der Waals surface area (Å²) in [6.45, 7) is 0.900. The standard InChI is InChI=1S/C14H18F2N2/c15-10-3-1-4-11(16)13(10)14-12(17)5-2-8-18(14)9-6-7-9/h1,3-4,9,12,14H,2,5-8,17H2. The van der Waals surface area contributed by atoms with E-state index in [9.17, 15) is 8.78 Å². The summed E-state index contributed by atoms with van der Waals surface area (Å²) in [6, 6.07) is 4.05. The van der Waals surface area contributed by atoms with Gasteiger partial charge in [-0.3, -0.25) is 4.90 Å². The summed E-state index contributed by atoms with van der Waals surface area (Å²) >= 11 is 0. The van der Waals surface area contributed by atoms with Gasteiger partial charge in [0.15, 0.2) is 0 Å². The highest BCUT2D eigenvalue weighted by Crippen LogP contribution is 2.40. The molecule has 1 aliphatic carbocycles. The van der Waals surface area contributed by atoms with Crippen LogP contribution in [0.5, 0.6) is 0 Å². The molecule has 2 N–H and O–H groups in total. The van der Waals surface area contributed by atoms with Crippen LogP contribution in [-0.4, -0.2) is 23.5 Å². The van der Waals surface area contributed by atoms with Crippen LogP contribution in [0, 0.1) is 11.6 Å². The molecule has 3 rings (SSSR count). The molecule has 0 spiro atoms. The zero-order chi connectivity index (χ0) is 12.7. The second kappa shape index (κ2) is 4.59. The third-order valence-corrected chi connectivity index (χ3v) is 4.03. The number of hydrogen-bond acceptors (Lipinski definition) is 2. The van der Waals surface area contributed by atoms with Crippen LogP contribution in [0.25, 0.3) is 0 Å². The van der Waals surface area contributed by atoms with Gasteiger partial charge in [-0.05, 0) is 44.4 Å². The topological polar surface area (TPSA) is 29.3 Å². The summed E-state index contributed by atoms with van der Waals surface area (Å²) in [4.78, 5) is 2.20. The predicted octanol–water partition coefficient (Wildman–Crippen LogP) is 2.59. The van der Waals surface area contributed by atoms with Crippen LogP contribution in [-0.2, 0) is 0 Å². The molecule has 2 unspecified atom stereocenters. The summed E-state index contributed by atoms with van der Waals surface area (Å²) in [5.41, 5.74) is 6.29. The van der Waals surface area contributed by atoms with E-state index in [2.05, 4.69) is 4.90 Å². The van der Waals surface area contributed by atoms with E-state index in [0.29, 0.717) is 6.04 Å². The van der Waals surface area contributed by atoms with Crippen LogP contribution in [0.3, 0.4) is 0 Å². The average Bonchev–Trinajstić information content (AvgIpc) is 3.14.